The molecule has 0 saturated carbocycles. The average Bonchev–Trinajstić information content (AvgIpc) is 4.06. The normalized spacial score (nSPS) is 11.0. The Balaban J connectivity index is 0.809. The minimum absolute atomic E-state index is 0.390. The molecule has 10 aromatic carbocycles. The van der Waals surface area contributed by atoms with Crippen LogP contribution in [0.15, 0.2) is 283 Å². The smallest absolute Gasteiger partial charge is 0.248 e. The van der Waals surface area contributed by atoms with Crippen molar-refractivity contribution < 1.29 is 4.42 Å². The molecule has 0 amide bonds. The molecule has 0 aliphatic rings. The summed E-state index contributed by atoms with van der Waals surface area (Å²) in [5.41, 5.74) is 12.5. The van der Waals surface area contributed by atoms with Gasteiger partial charge in [0.05, 0.1) is 0 Å². The van der Waals surface area contributed by atoms with E-state index in [4.69, 9.17) is 34.3 Å². The van der Waals surface area contributed by atoms with Crippen LogP contribution in [-0.2, 0) is 0 Å². The molecule has 0 fully saturated rings. The standard InChI is InChI=1S/C68H46N10O/c1-7-22-47(23-8-1)61-69-62(48-24-9-2-10-25-48)72-65(71-61)52-30-19-37-58(44-52)77(55-33-15-5-16-34-55)57-42-40-51(41-43-57)67-75-76-68(79-67)54-32-21-39-60(46-54)78(56-35-17-6-18-36-56)59-38-20-31-53(45-59)66-73-63(49-26-11-3-12-27-49)70-64(74-66)50-28-13-4-14-29-50/h1-46H. The van der Waals surface area contributed by atoms with Crippen LogP contribution in [0.25, 0.3) is 91.2 Å². The first-order chi connectivity index (χ1) is 39.1. The topological polar surface area (TPSA) is 123 Å². The van der Waals surface area contributed by atoms with Crippen molar-refractivity contribution in [1.82, 2.24) is 40.1 Å². The van der Waals surface area contributed by atoms with Gasteiger partial charge in [-0.15, -0.1) is 10.2 Å². The predicted octanol–water partition coefficient (Wildman–Crippen LogP) is 16.7. The van der Waals surface area contributed by atoms with Crippen LogP contribution >= 0.6 is 0 Å². The zero-order chi connectivity index (χ0) is 52.7. The second-order valence-electron chi connectivity index (χ2n) is 18.5. The molecule has 3 aromatic heterocycles. The Kier molecular flexibility index (Phi) is 13.1. The Bertz CT molecular complexity index is 4070. The Morgan fingerprint density at radius 1 is 0.203 bits per heavy atom. The van der Waals surface area contributed by atoms with Gasteiger partial charge in [-0.05, 0) is 91.0 Å². The first-order valence-corrected chi connectivity index (χ1v) is 25.8. The van der Waals surface area contributed by atoms with Crippen LogP contribution in [0.4, 0.5) is 34.1 Å². The third-order valence-corrected chi connectivity index (χ3v) is 13.3. The lowest BCUT2D eigenvalue weighted by atomic mass is 10.1. The SMILES string of the molecule is c1ccc(-c2nc(-c3ccccc3)nc(-c3cccc(N(c4ccccc4)c4ccc(-c5nnc(-c6cccc(N(c7ccccc7)c7cccc(-c8nc(-c9ccccc9)nc(-c9ccccc9)n8)c7)c6)o5)cc4)c3)n2)cc1. The van der Waals surface area contributed by atoms with Gasteiger partial charge in [-0.2, -0.15) is 0 Å². The highest BCUT2D eigenvalue weighted by Crippen LogP contribution is 2.40. The number of aromatic nitrogens is 8. The van der Waals surface area contributed by atoms with E-state index in [-0.39, 0.29) is 0 Å². The van der Waals surface area contributed by atoms with E-state index in [1.165, 1.54) is 0 Å². The van der Waals surface area contributed by atoms with E-state index in [2.05, 4.69) is 92.8 Å². The van der Waals surface area contributed by atoms with E-state index in [0.29, 0.717) is 46.7 Å². The molecule has 0 bridgehead atoms. The van der Waals surface area contributed by atoms with E-state index in [1.807, 2.05) is 206 Å². The Morgan fingerprint density at radius 3 is 0.823 bits per heavy atom. The summed E-state index contributed by atoms with van der Waals surface area (Å²) in [7, 11) is 0. The third kappa shape index (κ3) is 10.3. The van der Waals surface area contributed by atoms with Crippen LogP contribution < -0.4 is 9.80 Å². The van der Waals surface area contributed by atoms with Crippen molar-refractivity contribution in [3.05, 3.63) is 279 Å². The minimum atomic E-state index is 0.390. The van der Waals surface area contributed by atoms with Crippen LogP contribution in [0.5, 0.6) is 0 Å². The second kappa shape index (κ2) is 21.7. The highest BCUT2D eigenvalue weighted by molar-refractivity contribution is 5.83. The van der Waals surface area contributed by atoms with Gasteiger partial charge in [-0.1, -0.05) is 188 Å². The Labute approximate surface area is 456 Å². The minimum Gasteiger partial charge on any atom is -0.416 e. The van der Waals surface area contributed by atoms with Crippen molar-refractivity contribution in [1.29, 1.82) is 0 Å². The molecule has 11 nitrogen and oxygen atoms in total. The molecule has 0 radical (unpaired) electrons. The highest BCUT2D eigenvalue weighted by Gasteiger charge is 2.21. The van der Waals surface area contributed by atoms with E-state index in [0.717, 1.165) is 78.6 Å². The molecular formula is C68H46N10O. The lowest BCUT2D eigenvalue weighted by Crippen LogP contribution is -2.10. The summed E-state index contributed by atoms with van der Waals surface area (Å²) in [5, 5.41) is 9.16. The van der Waals surface area contributed by atoms with Crippen LogP contribution in [0.3, 0.4) is 0 Å². The summed E-state index contributed by atoms with van der Waals surface area (Å²) >= 11 is 0. The number of hydrogen-bond acceptors (Lipinski definition) is 11. The van der Waals surface area contributed by atoms with Crippen LogP contribution in [0.1, 0.15) is 0 Å². The van der Waals surface area contributed by atoms with Gasteiger partial charge in [-0.25, -0.2) is 29.9 Å². The number of rotatable bonds is 14. The predicted molar refractivity (Wildman–Crippen MR) is 314 cm³/mol. The van der Waals surface area contributed by atoms with Crippen LogP contribution in [0.2, 0.25) is 0 Å². The number of anilines is 6. The highest BCUT2D eigenvalue weighted by atomic mass is 16.4. The van der Waals surface area contributed by atoms with Gasteiger partial charge in [0.25, 0.3) is 0 Å². The van der Waals surface area contributed by atoms with E-state index >= 15 is 0 Å². The van der Waals surface area contributed by atoms with Crippen molar-refractivity contribution in [3.8, 4) is 91.2 Å². The molecular weight excluding hydrogens is 973 g/mol. The largest absolute Gasteiger partial charge is 0.416 e. The fraction of sp³-hybridized carbons (Fsp3) is 0. The number of nitrogens with zero attached hydrogens (tertiary/aromatic N) is 10. The summed E-state index contributed by atoms with van der Waals surface area (Å²) in [6, 6.07) is 93.4. The molecule has 0 N–H and O–H groups in total. The molecule has 79 heavy (non-hydrogen) atoms. The van der Waals surface area contributed by atoms with Gasteiger partial charge in [0, 0.05) is 78.6 Å². The molecule has 0 saturated heterocycles. The molecule has 0 atom stereocenters. The summed E-state index contributed by atoms with van der Waals surface area (Å²) in [6.07, 6.45) is 0. The maximum atomic E-state index is 6.50. The molecule has 0 aliphatic heterocycles. The van der Waals surface area contributed by atoms with Gasteiger partial charge in [0.15, 0.2) is 34.9 Å². The zero-order valence-electron chi connectivity index (χ0n) is 42.4. The molecule has 0 spiro atoms. The molecule has 0 aliphatic carbocycles. The van der Waals surface area contributed by atoms with Crippen LogP contribution in [-0.4, -0.2) is 40.1 Å². The number of benzene rings is 10. The molecule has 3 heterocycles. The first kappa shape index (κ1) is 47.7. The lowest BCUT2D eigenvalue weighted by molar-refractivity contribution is 0.584. The van der Waals surface area contributed by atoms with Gasteiger partial charge >= 0.3 is 0 Å². The van der Waals surface area contributed by atoms with Crippen molar-refractivity contribution in [2.24, 2.45) is 0 Å². The second-order valence-corrected chi connectivity index (χ2v) is 18.5. The lowest BCUT2D eigenvalue weighted by Gasteiger charge is -2.26. The van der Waals surface area contributed by atoms with Gasteiger partial charge in [0.2, 0.25) is 11.8 Å². The molecule has 0 unspecified atom stereocenters. The summed E-state index contributed by atoms with van der Waals surface area (Å²) in [6.45, 7) is 0. The summed E-state index contributed by atoms with van der Waals surface area (Å²) in [5.74, 6) is 4.33. The maximum absolute atomic E-state index is 6.50. The van der Waals surface area contributed by atoms with E-state index < -0.39 is 0 Å². The Hall–Kier alpha value is -11.0. The van der Waals surface area contributed by atoms with E-state index in [1.54, 1.807) is 0 Å². The third-order valence-electron chi connectivity index (χ3n) is 13.3. The molecule has 374 valence electrons. The quantitative estimate of drug-likeness (QED) is 0.103. The van der Waals surface area contributed by atoms with Gasteiger partial charge in [0.1, 0.15) is 0 Å². The number of hydrogen-bond donors (Lipinski definition) is 0. The Morgan fingerprint density at radius 2 is 0.456 bits per heavy atom. The van der Waals surface area contributed by atoms with Crippen molar-refractivity contribution in [2.75, 3.05) is 9.80 Å². The van der Waals surface area contributed by atoms with Crippen molar-refractivity contribution in [2.45, 2.75) is 0 Å². The first-order valence-electron chi connectivity index (χ1n) is 25.8. The fourth-order valence-electron chi connectivity index (χ4n) is 9.48. The number of para-hydroxylation sites is 2. The maximum Gasteiger partial charge on any atom is 0.248 e. The van der Waals surface area contributed by atoms with E-state index in [9.17, 15) is 0 Å². The summed E-state index contributed by atoms with van der Waals surface area (Å²) in [4.78, 5) is 34.3. The monoisotopic (exact) mass is 1020 g/mol. The molecule has 13 aromatic rings. The van der Waals surface area contributed by atoms with Gasteiger partial charge < -0.3 is 14.2 Å². The average molecular weight is 1020 g/mol. The van der Waals surface area contributed by atoms with Crippen molar-refractivity contribution in [3.63, 3.8) is 0 Å². The van der Waals surface area contributed by atoms with Gasteiger partial charge in [-0.3, -0.25) is 0 Å². The summed E-state index contributed by atoms with van der Waals surface area (Å²) < 4.78 is 6.50. The fourth-order valence-corrected chi connectivity index (χ4v) is 9.48. The van der Waals surface area contributed by atoms with Crippen molar-refractivity contribution >= 4 is 34.1 Å². The zero-order valence-corrected chi connectivity index (χ0v) is 42.4. The molecule has 11 heteroatoms. The molecule has 13 rings (SSSR count). The van der Waals surface area contributed by atoms with Crippen LogP contribution in [0, 0.1) is 0 Å².